The number of hydrogen-bond acceptors (Lipinski definition) is 5. The highest BCUT2D eigenvalue weighted by molar-refractivity contribution is 6.32. The first-order valence-corrected chi connectivity index (χ1v) is 8.98. The summed E-state index contributed by atoms with van der Waals surface area (Å²) in [5.74, 6) is 1.07. The predicted molar refractivity (Wildman–Crippen MR) is 102 cm³/mol. The Morgan fingerprint density at radius 3 is 2.42 bits per heavy atom. The minimum atomic E-state index is -0.137. The van der Waals surface area contributed by atoms with Crippen molar-refractivity contribution in [1.29, 1.82) is 0 Å². The summed E-state index contributed by atoms with van der Waals surface area (Å²) in [6.45, 7) is 8.07. The van der Waals surface area contributed by atoms with E-state index in [2.05, 4.69) is 5.16 Å². The molecule has 2 aromatic rings. The summed E-state index contributed by atoms with van der Waals surface area (Å²) >= 11 is 6.16. The first-order valence-electron chi connectivity index (χ1n) is 8.61. The normalized spacial score (nSPS) is 11.0. The van der Waals surface area contributed by atoms with E-state index in [1.54, 1.807) is 11.0 Å². The van der Waals surface area contributed by atoms with Crippen molar-refractivity contribution in [3.05, 3.63) is 45.8 Å². The van der Waals surface area contributed by atoms with Crippen LogP contribution in [0.4, 0.5) is 0 Å². The van der Waals surface area contributed by atoms with E-state index in [1.165, 1.54) is 0 Å². The van der Waals surface area contributed by atoms with Crippen LogP contribution in [0, 0.1) is 13.8 Å². The summed E-state index contributed by atoms with van der Waals surface area (Å²) in [7, 11) is 3.95. The summed E-state index contributed by atoms with van der Waals surface area (Å²) in [4.78, 5) is 16.3. The molecule has 0 N–H and O–H groups in total. The molecule has 0 bridgehead atoms. The Hall–Kier alpha value is -2.05. The monoisotopic (exact) mass is 379 g/mol. The van der Waals surface area contributed by atoms with Crippen molar-refractivity contribution in [2.45, 2.75) is 27.4 Å². The Balaban J connectivity index is 1.99. The van der Waals surface area contributed by atoms with Crippen molar-refractivity contribution in [2.24, 2.45) is 0 Å². The molecule has 1 aromatic heterocycles. The molecule has 0 aliphatic rings. The smallest absolute Gasteiger partial charge is 0.276 e. The van der Waals surface area contributed by atoms with Crippen LogP contribution in [0.5, 0.6) is 5.75 Å². The SMILES string of the molecule is CCN(CCN(C)C)C(=O)c1cc(COc2cc(C)c(Cl)c(C)c2)on1. The first-order chi connectivity index (χ1) is 12.3. The van der Waals surface area contributed by atoms with Crippen molar-refractivity contribution in [3.63, 3.8) is 0 Å². The Kier molecular flexibility index (Phi) is 7.06. The molecule has 6 nitrogen and oxygen atoms in total. The molecular weight excluding hydrogens is 354 g/mol. The molecule has 7 heteroatoms. The number of hydrogen-bond donors (Lipinski definition) is 0. The lowest BCUT2D eigenvalue weighted by Gasteiger charge is -2.21. The first kappa shape index (κ1) is 20.3. The fraction of sp³-hybridized carbons (Fsp3) is 0.474. The van der Waals surface area contributed by atoms with E-state index in [0.717, 1.165) is 22.7 Å². The third kappa shape index (κ3) is 5.22. The van der Waals surface area contributed by atoms with E-state index in [0.29, 0.717) is 30.3 Å². The average molecular weight is 380 g/mol. The molecule has 0 aliphatic heterocycles. The zero-order chi connectivity index (χ0) is 19.3. The number of carbonyl (C=O) groups excluding carboxylic acids is 1. The van der Waals surface area contributed by atoms with Crippen LogP contribution in [0.1, 0.15) is 34.3 Å². The van der Waals surface area contributed by atoms with Gasteiger partial charge in [0.1, 0.15) is 12.4 Å². The number of aromatic nitrogens is 1. The number of amides is 1. The van der Waals surface area contributed by atoms with Gasteiger partial charge in [0, 0.05) is 30.7 Å². The van der Waals surface area contributed by atoms with Gasteiger partial charge in [0.2, 0.25) is 0 Å². The lowest BCUT2D eigenvalue weighted by molar-refractivity contribution is 0.0743. The second-order valence-electron chi connectivity index (χ2n) is 6.53. The minimum Gasteiger partial charge on any atom is -0.486 e. The van der Waals surface area contributed by atoms with Crippen LogP contribution in [0.3, 0.4) is 0 Å². The summed E-state index contributed by atoms with van der Waals surface area (Å²) in [6, 6.07) is 5.38. The van der Waals surface area contributed by atoms with E-state index in [4.69, 9.17) is 20.9 Å². The molecule has 2 rings (SSSR count). The highest BCUT2D eigenvalue weighted by Gasteiger charge is 2.19. The van der Waals surface area contributed by atoms with Gasteiger partial charge >= 0.3 is 0 Å². The second kappa shape index (κ2) is 9.05. The average Bonchev–Trinajstić information content (AvgIpc) is 3.06. The number of benzene rings is 1. The van der Waals surface area contributed by atoms with Gasteiger partial charge in [0.05, 0.1) is 0 Å². The Bertz CT molecular complexity index is 735. The molecule has 26 heavy (non-hydrogen) atoms. The summed E-state index contributed by atoms with van der Waals surface area (Å²) in [5.41, 5.74) is 2.21. The Morgan fingerprint density at radius 1 is 1.19 bits per heavy atom. The van der Waals surface area contributed by atoms with Crippen LogP contribution < -0.4 is 4.74 Å². The molecule has 0 atom stereocenters. The molecular formula is C19H26ClN3O3. The molecule has 0 fully saturated rings. The predicted octanol–water partition coefficient (Wildman–Crippen LogP) is 3.55. The van der Waals surface area contributed by atoms with E-state index >= 15 is 0 Å². The summed E-state index contributed by atoms with van der Waals surface area (Å²) in [5, 5.41) is 4.63. The van der Waals surface area contributed by atoms with Gasteiger partial charge in [-0.05, 0) is 58.1 Å². The van der Waals surface area contributed by atoms with Crippen molar-refractivity contribution in [1.82, 2.24) is 15.0 Å². The van der Waals surface area contributed by atoms with E-state index in [9.17, 15) is 4.79 Å². The van der Waals surface area contributed by atoms with Crippen LogP contribution in [0.15, 0.2) is 22.7 Å². The fourth-order valence-corrected chi connectivity index (χ4v) is 2.62. The number of halogens is 1. The molecule has 0 spiro atoms. The van der Waals surface area contributed by atoms with E-state index in [-0.39, 0.29) is 12.5 Å². The number of rotatable bonds is 8. The molecule has 0 saturated carbocycles. The van der Waals surface area contributed by atoms with Crippen LogP contribution in [-0.4, -0.2) is 54.6 Å². The number of nitrogens with zero attached hydrogens (tertiary/aromatic N) is 3. The molecule has 1 amide bonds. The quantitative estimate of drug-likeness (QED) is 0.702. The molecule has 0 unspecified atom stereocenters. The highest BCUT2D eigenvalue weighted by atomic mass is 35.5. The van der Waals surface area contributed by atoms with Crippen LogP contribution in [0.25, 0.3) is 0 Å². The Labute approximate surface area is 159 Å². The van der Waals surface area contributed by atoms with Gasteiger partial charge in [0.15, 0.2) is 11.5 Å². The molecule has 0 saturated heterocycles. The lowest BCUT2D eigenvalue weighted by atomic mass is 10.1. The maximum absolute atomic E-state index is 12.5. The lowest BCUT2D eigenvalue weighted by Crippen LogP contribution is -2.36. The van der Waals surface area contributed by atoms with Gasteiger partial charge in [-0.15, -0.1) is 0 Å². The molecule has 1 aromatic carbocycles. The number of carbonyl (C=O) groups is 1. The van der Waals surface area contributed by atoms with Crippen LogP contribution >= 0.6 is 11.6 Å². The zero-order valence-corrected chi connectivity index (χ0v) is 16.8. The third-order valence-corrected chi connectivity index (χ3v) is 4.65. The summed E-state index contributed by atoms with van der Waals surface area (Å²) < 4.78 is 11.0. The van der Waals surface area contributed by atoms with Crippen molar-refractivity contribution < 1.29 is 14.1 Å². The van der Waals surface area contributed by atoms with Crippen molar-refractivity contribution in [3.8, 4) is 5.75 Å². The second-order valence-corrected chi connectivity index (χ2v) is 6.90. The molecule has 0 radical (unpaired) electrons. The fourth-order valence-electron chi connectivity index (χ4n) is 2.51. The van der Waals surface area contributed by atoms with E-state index < -0.39 is 0 Å². The molecule has 0 aliphatic carbocycles. The third-order valence-electron chi connectivity index (χ3n) is 4.06. The minimum absolute atomic E-state index is 0.137. The zero-order valence-electron chi connectivity index (χ0n) is 16.0. The maximum Gasteiger partial charge on any atom is 0.276 e. The highest BCUT2D eigenvalue weighted by Crippen LogP contribution is 2.26. The van der Waals surface area contributed by atoms with E-state index in [1.807, 2.05) is 51.9 Å². The summed E-state index contributed by atoms with van der Waals surface area (Å²) in [6.07, 6.45) is 0. The number of ether oxygens (including phenoxy) is 1. The van der Waals surface area contributed by atoms with Gasteiger partial charge < -0.3 is 19.1 Å². The van der Waals surface area contributed by atoms with Gasteiger partial charge in [-0.25, -0.2) is 0 Å². The van der Waals surface area contributed by atoms with Crippen molar-refractivity contribution >= 4 is 17.5 Å². The maximum atomic E-state index is 12.5. The molecule has 1 heterocycles. The van der Waals surface area contributed by atoms with Gasteiger partial charge in [-0.2, -0.15) is 0 Å². The van der Waals surface area contributed by atoms with Crippen molar-refractivity contribution in [2.75, 3.05) is 33.7 Å². The number of aryl methyl sites for hydroxylation is 2. The molecule has 142 valence electrons. The number of likely N-dealkylation sites (N-methyl/N-ethyl adjacent to an activating group) is 2. The van der Waals surface area contributed by atoms with Crippen LogP contribution in [0.2, 0.25) is 5.02 Å². The Morgan fingerprint density at radius 2 is 1.85 bits per heavy atom. The topological polar surface area (TPSA) is 58.8 Å². The van der Waals surface area contributed by atoms with Gasteiger partial charge in [0.25, 0.3) is 5.91 Å². The largest absolute Gasteiger partial charge is 0.486 e. The van der Waals surface area contributed by atoms with Gasteiger partial charge in [-0.3, -0.25) is 4.79 Å². The van der Waals surface area contributed by atoms with Gasteiger partial charge in [-0.1, -0.05) is 16.8 Å². The van der Waals surface area contributed by atoms with Crippen LogP contribution in [-0.2, 0) is 6.61 Å². The standard InChI is InChI=1S/C19H26ClN3O3/c1-6-23(8-7-22(4)5)19(24)17-11-16(26-21-17)12-25-15-9-13(2)18(20)14(3)10-15/h9-11H,6-8,12H2,1-5H3.